The third-order valence-electron chi connectivity index (χ3n) is 9.38. The third-order valence-corrected chi connectivity index (χ3v) is 9.61. The van der Waals surface area contributed by atoms with Gasteiger partial charge >= 0.3 is 0 Å². The number of hydrogen-bond acceptors (Lipinski definition) is 12. The van der Waals surface area contributed by atoms with Gasteiger partial charge in [-0.15, -0.1) is 0 Å². The van der Waals surface area contributed by atoms with Crippen LogP contribution < -0.4 is 20.3 Å². The largest absolute Gasteiger partial charge is 0.545 e. The molecule has 2 aromatic heterocycles. The van der Waals surface area contributed by atoms with Crippen LogP contribution in [0.25, 0.3) is 11.0 Å². The summed E-state index contributed by atoms with van der Waals surface area (Å²) in [5, 5.41) is 37.1. The predicted molar refractivity (Wildman–Crippen MR) is 182 cm³/mol. The zero-order chi connectivity index (χ0) is 34.8. The second-order valence-electron chi connectivity index (χ2n) is 13.0. The van der Waals surface area contributed by atoms with E-state index >= 15 is 0 Å². The Morgan fingerprint density at radius 1 is 1.08 bits per heavy atom. The van der Waals surface area contributed by atoms with Crippen LogP contribution in [0.4, 0.5) is 0 Å². The van der Waals surface area contributed by atoms with Crippen LogP contribution in [0.3, 0.4) is 0 Å². The number of nitrogens with two attached hydrogens (primary N) is 1. The van der Waals surface area contributed by atoms with Crippen molar-refractivity contribution in [2.45, 2.75) is 62.6 Å². The molecule has 7 N–H and O–H groups in total. The minimum atomic E-state index is -1.21. The number of carboxylic acid groups (broad SMARTS) is 1. The summed E-state index contributed by atoms with van der Waals surface area (Å²) >= 11 is 6.04. The molecule has 2 atom stereocenters. The van der Waals surface area contributed by atoms with Gasteiger partial charge in [0.15, 0.2) is 11.5 Å². The molecule has 15 heteroatoms. The van der Waals surface area contributed by atoms with Crippen molar-refractivity contribution in [1.82, 2.24) is 19.4 Å². The number of para-hydroxylation sites is 1. The van der Waals surface area contributed by atoms with E-state index in [2.05, 4.69) is 20.5 Å². The molecule has 3 aliphatic rings. The van der Waals surface area contributed by atoms with E-state index in [1.165, 1.54) is 0 Å². The monoisotopic (exact) mass is 712 g/mol. The number of pyridine rings is 1. The molecule has 0 saturated carbocycles. The third kappa shape index (κ3) is 7.87. The van der Waals surface area contributed by atoms with Gasteiger partial charge in [-0.3, -0.25) is 9.88 Å². The number of nitrogens with zero attached hydrogens (tertiary/aromatic N) is 4. The Bertz CT molecular complexity index is 1760. The molecule has 0 amide bonds. The second-order valence-corrected chi connectivity index (χ2v) is 13.4. The van der Waals surface area contributed by atoms with E-state index < -0.39 is 37.1 Å². The van der Waals surface area contributed by atoms with Gasteiger partial charge < -0.3 is 55.2 Å². The number of hydrogen-bond donors (Lipinski definition) is 4. The van der Waals surface area contributed by atoms with Gasteiger partial charge in [0.2, 0.25) is 0 Å². The molecule has 0 unspecified atom stereocenters. The summed E-state index contributed by atoms with van der Waals surface area (Å²) in [4.78, 5) is 23.3. The lowest BCUT2D eigenvalue weighted by atomic mass is 9.88. The van der Waals surface area contributed by atoms with E-state index in [9.17, 15) is 9.90 Å². The Balaban J connectivity index is 0.000000485. The van der Waals surface area contributed by atoms with Crippen molar-refractivity contribution < 1.29 is 44.9 Å². The number of carbonyl (C=O) groups is 1. The van der Waals surface area contributed by atoms with Crippen LogP contribution in [0, 0.1) is 0 Å². The first-order chi connectivity index (χ1) is 23.5. The lowest BCUT2D eigenvalue weighted by Crippen LogP contribution is -2.50. The fourth-order valence-electron chi connectivity index (χ4n) is 6.23. The lowest BCUT2D eigenvalue weighted by Gasteiger charge is -2.33. The molecule has 0 spiro atoms. The van der Waals surface area contributed by atoms with Crippen molar-refractivity contribution in [1.29, 1.82) is 0 Å². The van der Waals surface area contributed by atoms with Crippen LogP contribution in [-0.4, -0.2) is 97.4 Å². The maximum atomic E-state index is 11.5. The topological polar surface area (TPSA) is 220 Å². The van der Waals surface area contributed by atoms with Gasteiger partial charge in [-0.05, 0) is 74.2 Å². The number of benzene rings is 2. The first kappa shape index (κ1) is 37.4. The van der Waals surface area contributed by atoms with Gasteiger partial charge in [0, 0.05) is 25.3 Å². The number of ether oxygens (including phenoxy) is 3. The molecule has 0 aliphatic carbocycles. The average molecular weight is 713 g/mol. The van der Waals surface area contributed by atoms with E-state index in [4.69, 9.17) is 51.8 Å². The van der Waals surface area contributed by atoms with E-state index in [-0.39, 0.29) is 17.1 Å². The maximum absolute atomic E-state index is 11.5. The minimum Gasteiger partial charge on any atom is -0.545 e. The Kier molecular flexibility index (Phi) is 11.7. The van der Waals surface area contributed by atoms with Crippen LogP contribution in [0.15, 0.2) is 54.7 Å². The van der Waals surface area contributed by atoms with Crippen molar-refractivity contribution in [3.8, 4) is 11.5 Å². The molecular weight excluding hydrogens is 670 g/mol. The molecule has 0 radical (unpaired) electrons. The summed E-state index contributed by atoms with van der Waals surface area (Å²) in [5.74, 6) is 0.577. The molecule has 270 valence electrons. The summed E-state index contributed by atoms with van der Waals surface area (Å²) in [6.07, 6.45) is 4.65. The first-order valence-electron chi connectivity index (χ1n) is 16.3. The van der Waals surface area contributed by atoms with Gasteiger partial charge in [0.25, 0.3) is 5.79 Å². The van der Waals surface area contributed by atoms with Crippen LogP contribution in [-0.2, 0) is 23.6 Å². The molecule has 2 fully saturated rings. The van der Waals surface area contributed by atoms with Crippen molar-refractivity contribution >= 4 is 28.6 Å². The molecule has 7 rings (SSSR count). The highest BCUT2D eigenvalue weighted by molar-refractivity contribution is 6.30. The first-order valence-corrected chi connectivity index (χ1v) is 16.7. The van der Waals surface area contributed by atoms with Gasteiger partial charge in [-0.2, -0.15) is 0 Å². The van der Waals surface area contributed by atoms with Crippen molar-refractivity contribution in [2.75, 3.05) is 39.5 Å². The van der Waals surface area contributed by atoms with Crippen LogP contribution in [0.2, 0.25) is 5.02 Å². The predicted octanol–water partition coefficient (Wildman–Crippen LogP) is 1.10. The standard InChI is InChI=1S/C31H31ClN4O5.C4H11NO3.H2O/c1-31(27-8-6-21(32)16-33-27)40-26-4-2-3-23(29(26)41-31)19-9-12-35(13-10-19)18-28-34-24-7-5-20(30(37)38)15-25(24)36(28)17-22-11-14-39-22;5-4(1-6,2-7)3-8;/h2-8,15-16,19,22H,9-14,17-18H2,1H3,(H,37,38);6-8H,1-3,5H2;1H2/p-1/t22-,31-;;/m0../s1. The number of rotatable bonds is 10. The number of aromatic nitrogens is 3. The fourth-order valence-corrected chi connectivity index (χ4v) is 6.34. The summed E-state index contributed by atoms with van der Waals surface area (Å²) < 4.78 is 20.5. The molecule has 4 aromatic rings. The van der Waals surface area contributed by atoms with Crippen molar-refractivity contribution in [2.24, 2.45) is 5.73 Å². The molecule has 2 aromatic carbocycles. The minimum absolute atomic E-state index is 0. The molecule has 2 saturated heterocycles. The zero-order valence-electron chi connectivity index (χ0n) is 27.8. The molecular formula is C35H43ClN5O9-. The van der Waals surface area contributed by atoms with Crippen molar-refractivity contribution in [3.05, 3.63) is 82.4 Å². The number of carbonyl (C=O) groups excluding carboxylic acids is 1. The quantitative estimate of drug-likeness (QED) is 0.182. The van der Waals surface area contributed by atoms with Gasteiger partial charge in [0.1, 0.15) is 11.5 Å². The lowest BCUT2D eigenvalue weighted by molar-refractivity contribution is -0.255. The Morgan fingerprint density at radius 2 is 1.80 bits per heavy atom. The molecule has 14 nitrogen and oxygen atoms in total. The van der Waals surface area contributed by atoms with Crippen LogP contribution in [0.5, 0.6) is 11.5 Å². The Labute approximate surface area is 294 Å². The number of fused-ring (bicyclic) bond motifs is 2. The number of imidazole rings is 1. The SMILES string of the molecule is C[C@]1(c2ccc(Cl)cn2)Oc2cccc(C3CCN(Cc4nc5ccc(C(=O)[O-])cc5n4C[C@@H]4CCO4)CC3)c2O1.NC(CO)(CO)CO.O. The molecule has 0 bridgehead atoms. The maximum Gasteiger partial charge on any atom is 0.292 e. The summed E-state index contributed by atoms with van der Waals surface area (Å²) in [7, 11) is 0. The number of carboxylic acids is 1. The Hall–Kier alpha value is -3.86. The van der Waals surface area contributed by atoms with Crippen molar-refractivity contribution in [3.63, 3.8) is 0 Å². The van der Waals surface area contributed by atoms with Gasteiger partial charge in [-0.25, -0.2) is 4.98 Å². The summed E-state index contributed by atoms with van der Waals surface area (Å²) in [6, 6.07) is 14.7. The number of halogens is 1. The van der Waals surface area contributed by atoms with E-state index in [0.29, 0.717) is 29.7 Å². The van der Waals surface area contributed by atoms with E-state index in [1.807, 2.05) is 25.1 Å². The molecule has 5 heterocycles. The summed E-state index contributed by atoms with van der Waals surface area (Å²) in [5.41, 5.74) is 7.51. The van der Waals surface area contributed by atoms with Gasteiger partial charge in [-0.1, -0.05) is 29.8 Å². The molecule has 3 aliphatic heterocycles. The highest BCUT2D eigenvalue weighted by Gasteiger charge is 2.42. The Morgan fingerprint density at radius 3 is 2.38 bits per heavy atom. The highest BCUT2D eigenvalue weighted by atomic mass is 35.5. The molecule has 50 heavy (non-hydrogen) atoms. The van der Waals surface area contributed by atoms with E-state index in [0.717, 1.165) is 72.9 Å². The summed E-state index contributed by atoms with van der Waals surface area (Å²) in [6.45, 7) is 4.58. The van der Waals surface area contributed by atoms with Crippen LogP contribution >= 0.6 is 11.6 Å². The highest BCUT2D eigenvalue weighted by Crippen LogP contribution is 2.49. The van der Waals surface area contributed by atoms with E-state index in [1.54, 1.807) is 30.5 Å². The smallest absolute Gasteiger partial charge is 0.292 e. The van der Waals surface area contributed by atoms with Gasteiger partial charge in [0.05, 0.1) is 66.6 Å². The number of aromatic carboxylic acids is 1. The zero-order valence-corrected chi connectivity index (χ0v) is 28.5. The number of likely N-dealkylation sites (tertiary alicyclic amines) is 1. The fraction of sp³-hybridized carbons (Fsp3) is 0.457. The number of aliphatic hydroxyl groups is 3. The second kappa shape index (κ2) is 15.6. The average Bonchev–Trinajstić information content (AvgIpc) is 3.63. The number of piperidine rings is 1. The van der Waals surface area contributed by atoms with Crippen LogP contribution in [0.1, 0.15) is 59.5 Å². The number of aliphatic hydroxyl groups excluding tert-OH is 3. The normalized spacial score (nSPS) is 20.5.